The molecular formula is C35H30ClN7O4S. The fourth-order valence-corrected chi connectivity index (χ4v) is 7.33. The first-order valence-electron chi connectivity index (χ1n) is 15.2. The highest BCUT2D eigenvalue weighted by Crippen LogP contribution is 2.47. The van der Waals surface area contributed by atoms with Gasteiger partial charge in [0.2, 0.25) is 0 Å². The summed E-state index contributed by atoms with van der Waals surface area (Å²) in [6.45, 7) is 1.47. The number of anilines is 2. The molecule has 1 saturated heterocycles. The molecule has 0 saturated carbocycles. The predicted molar refractivity (Wildman–Crippen MR) is 183 cm³/mol. The number of carbonyl (C=O) groups is 1. The minimum atomic E-state index is -0.721. The molecule has 4 aromatic rings. The van der Waals surface area contributed by atoms with E-state index in [1.165, 1.54) is 16.7 Å². The Morgan fingerprint density at radius 3 is 2.58 bits per heavy atom. The standard InChI is InChI=1S/C35H30ClN7O4S/c1-42-19-23(21-9-13-38-14-10-21)32(45)30(25(42)20-44)34(46)41-24-6-4-8-27(31(24)36)48-29-18-39-28(17-40-29)43-15-11-35(12-16-43)33(37)22-5-2-3-7-26(22)47-35/h2-10,13-14,17-19,33,45H,11-12,15-16,37H2,1H3,(H,41,46)/t33-/m1/s1. The van der Waals surface area contributed by atoms with Crippen molar-refractivity contribution in [3.8, 4) is 5.75 Å². The molecule has 2 aromatic carbocycles. The molecule has 5 heterocycles. The molecule has 0 bridgehead atoms. The number of aliphatic hydroxyl groups is 1. The van der Waals surface area contributed by atoms with Gasteiger partial charge in [-0.15, -0.1) is 0 Å². The summed E-state index contributed by atoms with van der Waals surface area (Å²) in [7, 11) is 1.60. The molecule has 1 spiro atoms. The van der Waals surface area contributed by atoms with Crippen LogP contribution in [0.2, 0.25) is 5.02 Å². The number of hydrogen-bond donors (Lipinski definition) is 3. The van der Waals surface area contributed by atoms with E-state index in [1.54, 1.807) is 74.3 Å². The molecule has 3 aliphatic rings. The van der Waals surface area contributed by atoms with Crippen LogP contribution in [0.25, 0.3) is 5.57 Å². The van der Waals surface area contributed by atoms with Gasteiger partial charge in [0.15, 0.2) is 5.94 Å². The highest BCUT2D eigenvalue weighted by Gasteiger charge is 2.48. The number of fused-ring (bicyclic) bond motifs is 1. The monoisotopic (exact) mass is 679 g/mol. The molecule has 2 aromatic heterocycles. The first-order chi connectivity index (χ1) is 23.3. The Bertz CT molecular complexity index is 2010. The van der Waals surface area contributed by atoms with Crippen molar-refractivity contribution in [1.82, 2.24) is 19.9 Å². The number of aromatic nitrogens is 3. The van der Waals surface area contributed by atoms with Crippen molar-refractivity contribution >= 4 is 52.3 Å². The summed E-state index contributed by atoms with van der Waals surface area (Å²) in [5, 5.41) is 14.7. The van der Waals surface area contributed by atoms with Gasteiger partial charge in [0.05, 0.1) is 29.1 Å². The summed E-state index contributed by atoms with van der Waals surface area (Å²) in [6, 6.07) is 16.4. The molecule has 1 fully saturated rings. The Balaban J connectivity index is 1.03. The third-order valence-corrected chi connectivity index (χ3v) is 10.3. The van der Waals surface area contributed by atoms with Crippen LogP contribution < -0.4 is 20.7 Å². The SMILES string of the molecule is CN1C=C(c2ccncc2)C(O)=C(C(=O)Nc2cccc(Sc3cnc(N4CCC5(CC4)Oc4ccccc4[C@H]5N)cn3)c2Cl)C1=C=O. The zero-order valence-electron chi connectivity index (χ0n) is 25.8. The third kappa shape index (κ3) is 5.69. The van der Waals surface area contributed by atoms with Crippen molar-refractivity contribution < 1.29 is 19.4 Å². The number of halogens is 1. The average molecular weight is 680 g/mol. The van der Waals surface area contributed by atoms with Crippen LogP contribution in [0.5, 0.6) is 5.75 Å². The van der Waals surface area contributed by atoms with E-state index in [9.17, 15) is 14.7 Å². The van der Waals surface area contributed by atoms with Crippen LogP contribution >= 0.6 is 23.4 Å². The quantitative estimate of drug-likeness (QED) is 0.220. The molecule has 0 aliphatic carbocycles. The van der Waals surface area contributed by atoms with Gasteiger partial charge in [-0.05, 0) is 35.9 Å². The molecule has 0 radical (unpaired) electrons. The molecule has 1 amide bonds. The van der Waals surface area contributed by atoms with Crippen LogP contribution in [-0.2, 0) is 9.59 Å². The van der Waals surface area contributed by atoms with Gasteiger partial charge in [0, 0.05) is 67.6 Å². The molecular weight excluding hydrogens is 650 g/mol. The van der Waals surface area contributed by atoms with Gasteiger partial charge in [-0.2, -0.15) is 0 Å². The molecule has 1 atom stereocenters. The summed E-state index contributed by atoms with van der Waals surface area (Å²) in [5.74, 6) is 2.31. The van der Waals surface area contributed by atoms with Crippen LogP contribution in [0.3, 0.4) is 0 Å². The van der Waals surface area contributed by atoms with Gasteiger partial charge in [-0.3, -0.25) is 9.78 Å². The number of pyridine rings is 1. The predicted octanol–water partition coefficient (Wildman–Crippen LogP) is 5.56. The van der Waals surface area contributed by atoms with Crippen LogP contribution in [0.4, 0.5) is 11.5 Å². The van der Waals surface area contributed by atoms with Crippen molar-refractivity contribution in [3.05, 3.63) is 119 Å². The van der Waals surface area contributed by atoms with E-state index in [0.717, 1.165) is 43.1 Å². The van der Waals surface area contributed by atoms with Gasteiger partial charge in [-0.1, -0.05) is 47.6 Å². The molecule has 11 nitrogen and oxygen atoms in total. The second-order valence-corrected chi connectivity index (χ2v) is 13.1. The largest absolute Gasteiger partial charge is 0.506 e. The van der Waals surface area contributed by atoms with Gasteiger partial charge in [0.25, 0.3) is 5.91 Å². The van der Waals surface area contributed by atoms with Crippen LogP contribution in [0.15, 0.2) is 113 Å². The second-order valence-electron chi connectivity index (χ2n) is 11.6. The molecule has 0 unspecified atom stereocenters. The number of rotatable bonds is 6. The number of ether oxygens (including phenoxy) is 1. The highest BCUT2D eigenvalue weighted by atomic mass is 35.5. The molecule has 48 heavy (non-hydrogen) atoms. The lowest BCUT2D eigenvalue weighted by atomic mass is 9.83. The van der Waals surface area contributed by atoms with Crippen LogP contribution in [0, 0.1) is 0 Å². The Kier molecular flexibility index (Phi) is 8.40. The summed E-state index contributed by atoms with van der Waals surface area (Å²) in [6.07, 6.45) is 9.65. The Hall–Kier alpha value is -5.13. The number of carbonyl (C=O) groups excluding carboxylic acids is 2. The summed E-state index contributed by atoms with van der Waals surface area (Å²) in [4.78, 5) is 42.9. The number of aliphatic hydroxyl groups excluding tert-OH is 1. The number of para-hydroxylation sites is 1. The lowest BCUT2D eigenvalue weighted by Crippen LogP contribution is -2.51. The minimum Gasteiger partial charge on any atom is -0.506 e. The minimum absolute atomic E-state index is 0.118. The molecule has 13 heteroatoms. The zero-order valence-corrected chi connectivity index (χ0v) is 27.3. The fraction of sp³-hybridized carbons (Fsp3) is 0.200. The highest BCUT2D eigenvalue weighted by molar-refractivity contribution is 7.99. The van der Waals surface area contributed by atoms with Crippen molar-refractivity contribution in [2.75, 3.05) is 30.4 Å². The van der Waals surface area contributed by atoms with E-state index in [-0.39, 0.29) is 28.1 Å². The van der Waals surface area contributed by atoms with Crippen LogP contribution in [-0.4, -0.2) is 62.5 Å². The van der Waals surface area contributed by atoms with Gasteiger partial charge < -0.3 is 30.7 Å². The zero-order chi connectivity index (χ0) is 33.4. The lowest BCUT2D eigenvalue weighted by molar-refractivity contribution is -0.112. The van der Waals surface area contributed by atoms with Crippen molar-refractivity contribution in [1.29, 1.82) is 0 Å². The maximum absolute atomic E-state index is 13.5. The van der Waals surface area contributed by atoms with Gasteiger partial charge in [0.1, 0.15) is 39.2 Å². The maximum Gasteiger partial charge on any atom is 0.262 e. The first kappa shape index (κ1) is 31.5. The number of amides is 1. The Morgan fingerprint density at radius 2 is 1.88 bits per heavy atom. The normalized spacial score (nSPS) is 18.3. The van der Waals surface area contributed by atoms with E-state index < -0.39 is 11.5 Å². The number of piperidine rings is 1. The number of benzene rings is 2. The second kappa shape index (κ2) is 12.8. The Labute approximate surface area is 285 Å². The van der Waals surface area contributed by atoms with Crippen molar-refractivity contribution in [2.24, 2.45) is 5.73 Å². The van der Waals surface area contributed by atoms with Gasteiger partial charge >= 0.3 is 0 Å². The third-order valence-electron chi connectivity index (χ3n) is 8.83. The average Bonchev–Trinajstić information content (AvgIpc) is 3.38. The molecule has 7 rings (SSSR count). The number of nitrogens with two attached hydrogens (primary N) is 1. The van der Waals surface area contributed by atoms with Crippen molar-refractivity contribution in [3.63, 3.8) is 0 Å². The summed E-state index contributed by atoms with van der Waals surface area (Å²) in [5.41, 5.74) is 8.19. The number of hydrogen-bond acceptors (Lipinski definition) is 11. The van der Waals surface area contributed by atoms with E-state index in [0.29, 0.717) is 26.7 Å². The van der Waals surface area contributed by atoms with E-state index >= 15 is 0 Å². The number of nitrogens with one attached hydrogen (secondary N) is 1. The number of allylic oxidation sites excluding steroid dienone is 1. The Morgan fingerprint density at radius 1 is 1.10 bits per heavy atom. The summed E-state index contributed by atoms with van der Waals surface area (Å²) >= 11 is 8.05. The fourth-order valence-electron chi connectivity index (χ4n) is 6.26. The maximum atomic E-state index is 13.5. The number of nitrogens with zero attached hydrogens (tertiary/aromatic N) is 5. The summed E-state index contributed by atoms with van der Waals surface area (Å²) < 4.78 is 6.37. The molecule has 3 aliphatic heterocycles. The van der Waals surface area contributed by atoms with E-state index in [1.807, 2.05) is 24.3 Å². The van der Waals surface area contributed by atoms with Crippen molar-refractivity contribution in [2.45, 2.75) is 34.4 Å². The van der Waals surface area contributed by atoms with E-state index in [2.05, 4.69) is 25.2 Å². The van der Waals surface area contributed by atoms with E-state index in [4.69, 9.17) is 22.1 Å². The molecule has 242 valence electrons. The lowest BCUT2D eigenvalue weighted by Gasteiger charge is -2.41. The number of likely N-dealkylation sites (N-methyl/N-ethyl adjacent to an activating group) is 1. The topological polar surface area (TPSA) is 147 Å². The van der Waals surface area contributed by atoms with Gasteiger partial charge in [-0.25, -0.2) is 14.8 Å². The first-order valence-corrected chi connectivity index (χ1v) is 16.4. The van der Waals surface area contributed by atoms with Crippen LogP contribution in [0.1, 0.15) is 30.0 Å². The smallest absolute Gasteiger partial charge is 0.262 e. The molecule has 4 N–H and O–H groups in total.